The quantitative estimate of drug-likeness (QED) is 0.716. The van der Waals surface area contributed by atoms with Crippen LogP contribution in [-0.2, 0) is 4.84 Å². The van der Waals surface area contributed by atoms with Gasteiger partial charge < -0.3 is 9.82 Å². The van der Waals surface area contributed by atoms with Crippen molar-refractivity contribution in [2.24, 2.45) is 0 Å². The lowest BCUT2D eigenvalue weighted by Crippen LogP contribution is -2.32. The van der Waals surface area contributed by atoms with Crippen LogP contribution in [-0.4, -0.2) is 37.8 Å². The van der Waals surface area contributed by atoms with Crippen molar-refractivity contribution in [2.75, 3.05) is 0 Å². The zero-order chi connectivity index (χ0) is 16.0. The number of H-pyrrole nitrogens is 1. The molecule has 4 rings (SSSR count). The third-order valence-corrected chi connectivity index (χ3v) is 3.44. The SMILES string of the molecule is O=C(ON1C(=O)c2ccccc2C1=O)c1cc2cncnc2[nH]1. The summed E-state index contributed by atoms with van der Waals surface area (Å²) in [6, 6.07) is 7.75. The average Bonchev–Trinajstić information content (AvgIpc) is 3.11. The second-order valence-electron chi connectivity index (χ2n) is 4.84. The third kappa shape index (κ3) is 1.96. The van der Waals surface area contributed by atoms with Gasteiger partial charge in [-0.15, -0.1) is 0 Å². The molecule has 0 aliphatic carbocycles. The predicted octanol–water partition coefficient (Wildman–Crippen LogP) is 1.33. The van der Waals surface area contributed by atoms with E-state index in [-0.39, 0.29) is 16.8 Å². The van der Waals surface area contributed by atoms with Gasteiger partial charge in [-0.2, -0.15) is 0 Å². The number of benzene rings is 1. The number of nitrogens with one attached hydrogen (secondary N) is 1. The van der Waals surface area contributed by atoms with Crippen LogP contribution in [0.3, 0.4) is 0 Å². The van der Waals surface area contributed by atoms with Crippen LogP contribution in [0.15, 0.2) is 42.9 Å². The minimum atomic E-state index is -0.863. The fourth-order valence-electron chi connectivity index (χ4n) is 2.36. The highest BCUT2D eigenvalue weighted by atomic mass is 16.7. The van der Waals surface area contributed by atoms with Crippen molar-refractivity contribution in [1.29, 1.82) is 0 Å². The highest BCUT2D eigenvalue weighted by molar-refractivity contribution is 6.21. The molecule has 8 heteroatoms. The number of hydroxylamine groups is 2. The smallest absolute Gasteiger partial charge is 0.334 e. The first kappa shape index (κ1) is 13.1. The predicted molar refractivity (Wildman–Crippen MR) is 76.2 cm³/mol. The van der Waals surface area contributed by atoms with Gasteiger partial charge in [0, 0.05) is 11.6 Å². The summed E-state index contributed by atoms with van der Waals surface area (Å²) >= 11 is 0. The van der Waals surface area contributed by atoms with E-state index in [9.17, 15) is 14.4 Å². The van der Waals surface area contributed by atoms with Gasteiger partial charge in [-0.05, 0) is 18.2 Å². The number of hydrogen-bond donors (Lipinski definition) is 1. The maximum atomic E-state index is 12.2. The molecule has 112 valence electrons. The van der Waals surface area contributed by atoms with Gasteiger partial charge >= 0.3 is 5.97 Å². The van der Waals surface area contributed by atoms with E-state index in [0.29, 0.717) is 16.1 Å². The molecule has 2 amide bonds. The highest BCUT2D eigenvalue weighted by Gasteiger charge is 2.38. The first-order chi connectivity index (χ1) is 11.1. The number of fused-ring (bicyclic) bond motifs is 2. The number of aromatic nitrogens is 3. The van der Waals surface area contributed by atoms with Gasteiger partial charge in [0.05, 0.1) is 11.1 Å². The molecule has 1 aliphatic heterocycles. The average molecular weight is 308 g/mol. The number of nitrogens with zero attached hydrogens (tertiary/aromatic N) is 3. The summed E-state index contributed by atoms with van der Waals surface area (Å²) in [5.74, 6) is -2.21. The first-order valence-corrected chi connectivity index (χ1v) is 6.64. The summed E-state index contributed by atoms with van der Waals surface area (Å²) in [5.41, 5.74) is 0.923. The Kier molecular flexibility index (Phi) is 2.70. The Bertz CT molecular complexity index is 910. The molecule has 1 N–H and O–H groups in total. The summed E-state index contributed by atoms with van der Waals surface area (Å²) in [7, 11) is 0. The molecule has 1 aliphatic rings. The van der Waals surface area contributed by atoms with Gasteiger partial charge in [0.25, 0.3) is 11.8 Å². The molecule has 0 spiro atoms. The van der Waals surface area contributed by atoms with Gasteiger partial charge in [-0.25, -0.2) is 14.8 Å². The zero-order valence-corrected chi connectivity index (χ0v) is 11.5. The summed E-state index contributed by atoms with van der Waals surface area (Å²) in [6.07, 6.45) is 2.86. The number of aromatic amines is 1. The standard InChI is InChI=1S/C15H8N4O4/c20-13-9-3-1-2-4-10(9)14(21)19(13)23-15(22)11-5-8-6-16-7-17-12(8)18-11/h1-7H,(H,16,17,18). The molecule has 3 heterocycles. The van der Waals surface area contributed by atoms with Gasteiger partial charge in [0.1, 0.15) is 17.7 Å². The van der Waals surface area contributed by atoms with Crippen LogP contribution in [0, 0.1) is 0 Å². The van der Waals surface area contributed by atoms with Crippen LogP contribution in [0.5, 0.6) is 0 Å². The van der Waals surface area contributed by atoms with Crippen LogP contribution in [0.1, 0.15) is 31.2 Å². The molecule has 0 unspecified atom stereocenters. The minimum Gasteiger partial charge on any atom is -0.334 e. The molecule has 3 aromatic rings. The lowest BCUT2D eigenvalue weighted by atomic mass is 10.1. The molecule has 0 saturated heterocycles. The summed E-state index contributed by atoms with van der Waals surface area (Å²) in [6.45, 7) is 0. The fraction of sp³-hybridized carbons (Fsp3) is 0. The molecule has 0 bridgehead atoms. The maximum absolute atomic E-state index is 12.2. The van der Waals surface area contributed by atoms with E-state index >= 15 is 0 Å². The minimum absolute atomic E-state index is 0.0667. The van der Waals surface area contributed by atoms with E-state index in [4.69, 9.17) is 4.84 Å². The summed E-state index contributed by atoms with van der Waals surface area (Å²) in [4.78, 5) is 51.9. The van der Waals surface area contributed by atoms with Crippen LogP contribution in [0.25, 0.3) is 11.0 Å². The largest absolute Gasteiger partial charge is 0.380 e. The van der Waals surface area contributed by atoms with Crippen molar-refractivity contribution < 1.29 is 19.2 Å². The van der Waals surface area contributed by atoms with E-state index in [0.717, 1.165) is 0 Å². The third-order valence-electron chi connectivity index (χ3n) is 3.44. The van der Waals surface area contributed by atoms with Crippen molar-refractivity contribution >= 4 is 28.8 Å². The fourth-order valence-corrected chi connectivity index (χ4v) is 2.36. The summed E-state index contributed by atoms with van der Waals surface area (Å²) in [5, 5.41) is 1.08. The molecule has 8 nitrogen and oxygen atoms in total. The van der Waals surface area contributed by atoms with Crippen LogP contribution < -0.4 is 0 Å². The number of hydrogen-bond acceptors (Lipinski definition) is 6. The van der Waals surface area contributed by atoms with Crippen LogP contribution >= 0.6 is 0 Å². The van der Waals surface area contributed by atoms with Crippen molar-refractivity contribution in [2.45, 2.75) is 0 Å². The van der Waals surface area contributed by atoms with Crippen LogP contribution in [0.4, 0.5) is 0 Å². The van der Waals surface area contributed by atoms with Gasteiger partial charge in [0.2, 0.25) is 0 Å². The van der Waals surface area contributed by atoms with Crippen molar-refractivity contribution in [3.8, 4) is 0 Å². The molecule has 0 atom stereocenters. The first-order valence-electron chi connectivity index (χ1n) is 6.64. The second-order valence-corrected chi connectivity index (χ2v) is 4.84. The zero-order valence-electron chi connectivity index (χ0n) is 11.5. The monoisotopic (exact) mass is 308 g/mol. The molecule has 23 heavy (non-hydrogen) atoms. The normalized spacial score (nSPS) is 13.5. The van der Waals surface area contributed by atoms with Gasteiger partial charge in [-0.3, -0.25) is 9.59 Å². The number of imide groups is 1. The number of rotatable bonds is 2. The Labute approximate surface area is 128 Å². The Morgan fingerprint density at radius 2 is 1.83 bits per heavy atom. The second kappa shape index (κ2) is 4.73. The molecule has 2 aromatic heterocycles. The Morgan fingerprint density at radius 1 is 1.13 bits per heavy atom. The molecule has 0 radical (unpaired) electrons. The lowest BCUT2D eigenvalue weighted by molar-refractivity contribution is -0.0587. The summed E-state index contributed by atoms with van der Waals surface area (Å²) < 4.78 is 0. The number of carbonyl (C=O) groups excluding carboxylic acids is 3. The van der Waals surface area contributed by atoms with E-state index in [1.165, 1.54) is 30.7 Å². The molecule has 1 aromatic carbocycles. The number of amides is 2. The van der Waals surface area contributed by atoms with E-state index in [1.54, 1.807) is 12.1 Å². The maximum Gasteiger partial charge on any atom is 0.380 e. The topological polar surface area (TPSA) is 105 Å². The Morgan fingerprint density at radius 3 is 2.48 bits per heavy atom. The molecule has 0 fully saturated rings. The van der Waals surface area contributed by atoms with Gasteiger partial charge in [-0.1, -0.05) is 17.2 Å². The lowest BCUT2D eigenvalue weighted by Gasteiger charge is -2.11. The van der Waals surface area contributed by atoms with Crippen molar-refractivity contribution in [1.82, 2.24) is 20.0 Å². The van der Waals surface area contributed by atoms with E-state index in [2.05, 4.69) is 15.0 Å². The van der Waals surface area contributed by atoms with Crippen molar-refractivity contribution in [3.05, 3.63) is 59.7 Å². The Hall–Kier alpha value is -3.55. The van der Waals surface area contributed by atoms with E-state index in [1.807, 2.05) is 0 Å². The number of carbonyl (C=O) groups is 3. The Balaban J connectivity index is 1.62. The molecule has 0 saturated carbocycles. The molecular weight excluding hydrogens is 300 g/mol. The van der Waals surface area contributed by atoms with Gasteiger partial charge in [0.15, 0.2) is 0 Å². The van der Waals surface area contributed by atoms with Crippen LogP contribution in [0.2, 0.25) is 0 Å². The highest BCUT2D eigenvalue weighted by Crippen LogP contribution is 2.23. The van der Waals surface area contributed by atoms with E-state index < -0.39 is 17.8 Å². The molecular formula is C15H8N4O4. The van der Waals surface area contributed by atoms with Crippen molar-refractivity contribution in [3.63, 3.8) is 0 Å².